The standard InChI is InChI=1S/C15H21ClN2O2/c1-2-20-15(19)10-18-8-12(7-14(17)9-18)11-3-5-13(16)6-4-11/h3-6,12,14H,2,7-10,17H2,1H3. The Labute approximate surface area is 124 Å². The van der Waals surface area contributed by atoms with Crippen LogP contribution in [-0.4, -0.2) is 43.2 Å². The first kappa shape index (κ1) is 15.3. The molecule has 0 radical (unpaired) electrons. The largest absolute Gasteiger partial charge is 0.465 e. The number of likely N-dealkylation sites (tertiary alicyclic amines) is 1. The van der Waals surface area contributed by atoms with Gasteiger partial charge in [-0.05, 0) is 37.0 Å². The van der Waals surface area contributed by atoms with Gasteiger partial charge in [0.1, 0.15) is 0 Å². The second kappa shape index (κ2) is 7.07. The Bertz CT molecular complexity index is 450. The van der Waals surface area contributed by atoms with Crippen LogP contribution in [-0.2, 0) is 9.53 Å². The van der Waals surface area contributed by atoms with Gasteiger partial charge in [0.2, 0.25) is 0 Å². The normalized spacial score (nSPS) is 23.6. The van der Waals surface area contributed by atoms with E-state index in [2.05, 4.69) is 4.90 Å². The Morgan fingerprint density at radius 3 is 2.75 bits per heavy atom. The molecule has 0 amide bonds. The molecule has 0 aromatic heterocycles. The number of halogens is 1. The van der Waals surface area contributed by atoms with E-state index >= 15 is 0 Å². The Kier molecular flexibility index (Phi) is 5.40. The van der Waals surface area contributed by atoms with Crippen molar-refractivity contribution in [2.45, 2.75) is 25.3 Å². The number of nitrogens with two attached hydrogens (primary N) is 1. The molecule has 110 valence electrons. The van der Waals surface area contributed by atoms with Gasteiger partial charge in [-0.1, -0.05) is 23.7 Å². The van der Waals surface area contributed by atoms with Gasteiger partial charge in [0.15, 0.2) is 0 Å². The molecule has 1 fully saturated rings. The van der Waals surface area contributed by atoms with E-state index in [0.29, 0.717) is 19.1 Å². The van der Waals surface area contributed by atoms with Crippen LogP contribution in [0, 0.1) is 0 Å². The van der Waals surface area contributed by atoms with E-state index in [-0.39, 0.29) is 12.0 Å². The van der Waals surface area contributed by atoms with Gasteiger partial charge in [0.05, 0.1) is 13.2 Å². The van der Waals surface area contributed by atoms with Crippen LogP contribution in [0.15, 0.2) is 24.3 Å². The molecule has 4 nitrogen and oxygen atoms in total. The van der Waals surface area contributed by atoms with Gasteiger partial charge >= 0.3 is 5.97 Å². The van der Waals surface area contributed by atoms with Crippen LogP contribution in [0.2, 0.25) is 5.02 Å². The maximum atomic E-state index is 11.6. The third kappa shape index (κ3) is 4.20. The zero-order valence-electron chi connectivity index (χ0n) is 11.7. The summed E-state index contributed by atoms with van der Waals surface area (Å²) in [6, 6.07) is 7.94. The minimum absolute atomic E-state index is 0.0823. The molecule has 1 aliphatic rings. The molecule has 2 rings (SSSR count). The lowest BCUT2D eigenvalue weighted by Crippen LogP contribution is -2.48. The molecule has 0 saturated carbocycles. The highest BCUT2D eigenvalue weighted by atomic mass is 35.5. The predicted molar refractivity (Wildman–Crippen MR) is 79.9 cm³/mol. The Morgan fingerprint density at radius 1 is 1.40 bits per heavy atom. The highest BCUT2D eigenvalue weighted by Gasteiger charge is 2.27. The van der Waals surface area contributed by atoms with Crippen LogP contribution in [0.4, 0.5) is 0 Å². The zero-order chi connectivity index (χ0) is 14.5. The van der Waals surface area contributed by atoms with E-state index in [4.69, 9.17) is 22.1 Å². The van der Waals surface area contributed by atoms with Crippen molar-refractivity contribution < 1.29 is 9.53 Å². The van der Waals surface area contributed by atoms with Gasteiger partial charge in [0.25, 0.3) is 0 Å². The SMILES string of the molecule is CCOC(=O)CN1CC(N)CC(c2ccc(Cl)cc2)C1. The van der Waals surface area contributed by atoms with E-state index < -0.39 is 0 Å². The zero-order valence-corrected chi connectivity index (χ0v) is 12.5. The van der Waals surface area contributed by atoms with Crippen molar-refractivity contribution in [1.29, 1.82) is 0 Å². The molecule has 1 aliphatic heterocycles. The number of hydrogen-bond donors (Lipinski definition) is 1. The lowest BCUT2D eigenvalue weighted by molar-refractivity contribution is -0.144. The van der Waals surface area contributed by atoms with Gasteiger partial charge in [0, 0.05) is 24.2 Å². The summed E-state index contributed by atoms with van der Waals surface area (Å²) in [5.74, 6) is 0.155. The number of ether oxygens (including phenoxy) is 1. The second-order valence-electron chi connectivity index (χ2n) is 5.24. The fourth-order valence-corrected chi connectivity index (χ4v) is 2.85. The van der Waals surface area contributed by atoms with Crippen LogP contribution < -0.4 is 5.73 Å². The minimum atomic E-state index is -0.184. The molecular formula is C15H21ClN2O2. The first-order valence-corrected chi connectivity index (χ1v) is 7.35. The van der Waals surface area contributed by atoms with Crippen molar-refractivity contribution in [1.82, 2.24) is 4.90 Å². The van der Waals surface area contributed by atoms with Crippen molar-refractivity contribution in [2.24, 2.45) is 5.73 Å². The molecule has 2 atom stereocenters. The average molecular weight is 297 g/mol. The van der Waals surface area contributed by atoms with Crippen molar-refractivity contribution in [2.75, 3.05) is 26.2 Å². The number of rotatable bonds is 4. The number of hydrogen-bond acceptors (Lipinski definition) is 4. The number of benzene rings is 1. The monoisotopic (exact) mass is 296 g/mol. The molecule has 0 spiro atoms. The summed E-state index contributed by atoms with van der Waals surface area (Å²) in [4.78, 5) is 13.7. The topological polar surface area (TPSA) is 55.6 Å². The lowest BCUT2D eigenvalue weighted by atomic mass is 9.88. The minimum Gasteiger partial charge on any atom is -0.465 e. The number of nitrogens with zero attached hydrogens (tertiary/aromatic N) is 1. The Morgan fingerprint density at radius 2 is 2.10 bits per heavy atom. The van der Waals surface area contributed by atoms with Gasteiger partial charge in [-0.15, -0.1) is 0 Å². The van der Waals surface area contributed by atoms with E-state index in [1.807, 2.05) is 31.2 Å². The first-order chi connectivity index (χ1) is 9.58. The third-order valence-electron chi connectivity index (χ3n) is 3.56. The molecule has 2 unspecified atom stereocenters. The number of esters is 1. The number of carbonyl (C=O) groups is 1. The lowest BCUT2D eigenvalue weighted by Gasteiger charge is -2.35. The fraction of sp³-hybridized carbons (Fsp3) is 0.533. The maximum Gasteiger partial charge on any atom is 0.320 e. The van der Waals surface area contributed by atoms with Crippen molar-refractivity contribution in [3.05, 3.63) is 34.9 Å². The molecule has 0 bridgehead atoms. The molecule has 1 heterocycles. The van der Waals surface area contributed by atoms with Crippen LogP contribution in [0.25, 0.3) is 0 Å². The van der Waals surface area contributed by atoms with E-state index in [1.165, 1.54) is 5.56 Å². The van der Waals surface area contributed by atoms with E-state index in [0.717, 1.165) is 24.5 Å². The quantitative estimate of drug-likeness (QED) is 0.864. The Balaban J connectivity index is 2.00. The average Bonchev–Trinajstić information content (AvgIpc) is 2.39. The fourth-order valence-electron chi connectivity index (χ4n) is 2.73. The number of carbonyl (C=O) groups excluding carboxylic acids is 1. The highest BCUT2D eigenvalue weighted by Crippen LogP contribution is 2.27. The van der Waals surface area contributed by atoms with Crippen molar-refractivity contribution in [3.63, 3.8) is 0 Å². The maximum absolute atomic E-state index is 11.6. The van der Waals surface area contributed by atoms with Crippen LogP contribution in [0.1, 0.15) is 24.8 Å². The first-order valence-electron chi connectivity index (χ1n) is 6.97. The number of piperidine rings is 1. The Hall–Kier alpha value is -1.10. The summed E-state index contributed by atoms with van der Waals surface area (Å²) in [6.45, 7) is 4.11. The van der Waals surface area contributed by atoms with E-state index in [9.17, 15) is 4.79 Å². The van der Waals surface area contributed by atoms with Crippen LogP contribution in [0.3, 0.4) is 0 Å². The van der Waals surface area contributed by atoms with Crippen molar-refractivity contribution >= 4 is 17.6 Å². The van der Waals surface area contributed by atoms with E-state index in [1.54, 1.807) is 0 Å². The summed E-state index contributed by atoms with van der Waals surface area (Å²) in [7, 11) is 0. The molecule has 1 aromatic rings. The summed E-state index contributed by atoms with van der Waals surface area (Å²) in [5.41, 5.74) is 7.33. The molecule has 2 N–H and O–H groups in total. The molecular weight excluding hydrogens is 276 g/mol. The molecule has 5 heteroatoms. The highest BCUT2D eigenvalue weighted by molar-refractivity contribution is 6.30. The van der Waals surface area contributed by atoms with Gasteiger partial charge in [-0.2, -0.15) is 0 Å². The molecule has 1 saturated heterocycles. The smallest absolute Gasteiger partial charge is 0.320 e. The van der Waals surface area contributed by atoms with Crippen LogP contribution in [0.5, 0.6) is 0 Å². The van der Waals surface area contributed by atoms with Gasteiger partial charge in [-0.25, -0.2) is 0 Å². The molecule has 20 heavy (non-hydrogen) atoms. The second-order valence-corrected chi connectivity index (χ2v) is 5.68. The summed E-state index contributed by atoms with van der Waals surface area (Å²) in [5, 5.41) is 0.734. The predicted octanol–water partition coefficient (Wildman–Crippen LogP) is 2.02. The summed E-state index contributed by atoms with van der Waals surface area (Å²) in [6.07, 6.45) is 0.932. The van der Waals surface area contributed by atoms with Crippen LogP contribution >= 0.6 is 11.6 Å². The molecule has 0 aliphatic carbocycles. The van der Waals surface area contributed by atoms with Gasteiger partial charge < -0.3 is 10.5 Å². The third-order valence-corrected chi connectivity index (χ3v) is 3.81. The summed E-state index contributed by atoms with van der Waals surface area (Å²) < 4.78 is 5.00. The van der Waals surface area contributed by atoms with Crippen molar-refractivity contribution in [3.8, 4) is 0 Å². The van der Waals surface area contributed by atoms with Gasteiger partial charge in [-0.3, -0.25) is 9.69 Å². The molecule has 1 aromatic carbocycles. The summed E-state index contributed by atoms with van der Waals surface area (Å²) >= 11 is 5.92.